The van der Waals surface area contributed by atoms with Crippen LogP contribution in [-0.2, 0) is 4.79 Å². The third kappa shape index (κ3) is 4.71. The van der Waals surface area contributed by atoms with E-state index in [4.69, 9.17) is 16.3 Å². The van der Waals surface area contributed by atoms with Crippen LogP contribution in [0.5, 0.6) is 5.75 Å². The normalized spacial score (nSPS) is 13.2. The average molecular weight is 334 g/mol. The highest BCUT2D eigenvalue weighted by Gasteiger charge is 2.21. The van der Waals surface area contributed by atoms with Gasteiger partial charge in [-0.05, 0) is 38.1 Å². The Labute approximate surface area is 141 Å². The number of rotatable bonds is 6. The lowest BCUT2D eigenvalue weighted by Gasteiger charge is -2.17. The van der Waals surface area contributed by atoms with Crippen molar-refractivity contribution in [2.45, 2.75) is 25.9 Å². The molecule has 0 aliphatic heterocycles. The lowest BCUT2D eigenvalue weighted by molar-refractivity contribution is -0.709. The third-order valence-corrected chi connectivity index (χ3v) is 3.97. The van der Waals surface area contributed by atoms with Gasteiger partial charge in [-0.3, -0.25) is 4.79 Å². The van der Waals surface area contributed by atoms with Crippen molar-refractivity contribution in [2.75, 3.05) is 12.4 Å². The molecule has 2 aromatic rings. The van der Waals surface area contributed by atoms with Gasteiger partial charge in [0.1, 0.15) is 11.8 Å². The molecular formula is C18H22ClN2O2+. The zero-order valence-electron chi connectivity index (χ0n) is 13.5. The van der Waals surface area contributed by atoms with Crippen LogP contribution in [0.15, 0.2) is 48.5 Å². The number of hydrogen-bond acceptors (Lipinski definition) is 2. The van der Waals surface area contributed by atoms with E-state index in [1.54, 1.807) is 7.11 Å². The molecule has 0 aliphatic carbocycles. The van der Waals surface area contributed by atoms with Crippen LogP contribution < -0.4 is 15.4 Å². The highest BCUT2D eigenvalue weighted by molar-refractivity contribution is 6.30. The maximum Gasteiger partial charge on any atom is 0.282 e. The summed E-state index contributed by atoms with van der Waals surface area (Å²) in [4.78, 5) is 12.4. The molecule has 0 aromatic heterocycles. The van der Waals surface area contributed by atoms with Crippen molar-refractivity contribution in [3.05, 3.63) is 59.1 Å². The van der Waals surface area contributed by atoms with Crippen LogP contribution in [0.2, 0.25) is 5.02 Å². The Balaban J connectivity index is 1.99. The minimum atomic E-state index is -0.242. The molecule has 0 spiro atoms. The number of hydrogen-bond donors (Lipinski definition) is 2. The molecule has 0 radical (unpaired) electrons. The number of ether oxygens (including phenoxy) is 1. The van der Waals surface area contributed by atoms with Gasteiger partial charge in [0.05, 0.1) is 12.8 Å². The molecule has 0 saturated carbocycles. The fourth-order valence-corrected chi connectivity index (χ4v) is 2.61. The van der Waals surface area contributed by atoms with Crippen LogP contribution >= 0.6 is 11.6 Å². The first-order chi connectivity index (χ1) is 11.0. The molecule has 0 aliphatic rings. The van der Waals surface area contributed by atoms with Crippen LogP contribution in [0.1, 0.15) is 25.5 Å². The molecule has 0 saturated heterocycles. The van der Waals surface area contributed by atoms with Crippen molar-refractivity contribution >= 4 is 23.2 Å². The first-order valence-corrected chi connectivity index (χ1v) is 7.93. The molecule has 0 fully saturated rings. The van der Waals surface area contributed by atoms with Gasteiger partial charge in [0.15, 0.2) is 6.04 Å². The van der Waals surface area contributed by atoms with E-state index < -0.39 is 0 Å². The van der Waals surface area contributed by atoms with E-state index in [1.807, 2.05) is 60.8 Å². The van der Waals surface area contributed by atoms with Gasteiger partial charge in [-0.15, -0.1) is 0 Å². The maximum absolute atomic E-state index is 12.4. The van der Waals surface area contributed by atoms with Crippen LogP contribution in [-0.4, -0.2) is 19.1 Å². The lowest BCUT2D eigenvalue weighted by atomic mass is 10.1. The Morgan fingerprint density at radius 2 is 1.91 bits per heavy atom. The molecule has 2 atom stereocenters. The van der Waals surface area contributed by atoms with E-state index in [9.17, 15) is 4.79 Å². The molecule has 2 rings (SSSR count). The summed E-state index contributed by atoms with van der Waals surface area (Å²) >= 11 is 6.02. The number of nitrogens with one attached hydrogen (secondary N) is 1. The Morgan fingerprint density at radius 3 is 2.61 bits per heavy atom. The van der Waals surface area contributed by atoms with Crippen LogP contribution in [0.3, 0.4) is 0 Å². The van der Waals surface area contributed by atoms with E-state index >= 15 is 0 Å². The van der Waals surface area contributed by atoms with Crippen molar-refractivity contribution in [1.82, 2.24) is 0 Å². The SMILES string of the molecule is COc1ccccc1NC(=O)[C@H](C)[NH2+][C@@H](C)c1cccc(Cl)c1. The summed E-state index contributed by atoms with van der Waals surface area (Å²) in [6, 6.07) is 15.0. The maximum atomic E-state index is 12.4. The molecule has 2 aromatic carbocycles. The fourth-order valence-electron chi connectivity index (χ4n) is 2.42. The first kappa shape index (κ1) is 17.3. The monoisotopic (exact) mass is 333 g/mol. The number of benzene rings is 2. The van der Waals surface area contributed by atoms with Crippen LogP contribution in [0.4, 0.5) is 5.69 Å². The van der Waals surface area contributed by atoms with Gasteiger partial charge in [-0.25, -0.2) is 0 Å². The molecular weight excluding hydrogens is 312 g/mol. The predicted molar refractivity (Wildman–Crippen MR) is 92.9 cm³/mol. The number of carbonyl (C=O) groups is 1. The molecule has 0 heterocycles. The highest BCUT2D eigenvalue weighted by atomic mass is 35.5. The first-order valence-electron chi connectivity index (χ1n) is 7.55. The number of amides is 1. The standard InChI is InChI=1S/C18H21ClN2O2/c1-12(14-7-6-8-15(19)11-14)20-13(2)18(22)21-16-9-4-5-10-17(16)23-3/h4-13,20H,1-3H3,(H,21,22)/p+1/t12-,13-/m0/s1. The minimum Gasteiger partial charge on any atom is -0.495 e. The van der Waals surface area contributed by atoms with Gasteiger partial charge < -0.3 is 15.4 Å². The van der Waals surface area contributed by atoms with E-state index in [0.29, 0.717) is 16.5 Å². The number of quaternary nitrogens is 1. The molecule has 3 N–H and O–H groups in total. The topological polar surface area (TPSA) is 54.9 Å². The number of halogens is 1. The largest absolute Gasteiger partial charge is 0.495 e. The van der Waals surface area contributed by atoms with Gasteiger partial charge in [-0.1, -0.05) is 35.9 Å². The summed E-state index contributed by atoms with van der Waals surface area (Å²) in [7, 11) is 1.59. The van der Waals surface area contributed by atoms with Gasteiger partial charge >= 0.3 is 0 Å². The van der Waals surface area contributed by atoms with E-state index in [0.717, 1.165) is 5.56 Å². The summed E-state index contributed by atoms with van der Waals surface area (Å²) in [5.74, 6) is 0.583. The zero-order chi connectivity index (χ0) is 16.8. The van der Waals surface area contributed by atoms with E-state index in [1.165, 1.54) is 0 Å². The molecule has 4 nitrogen and oxygen atoms in total. The van der Waals surface area contributed by atoms with Crippen molar-refractivity contribution in [2.24, 2.45) is 0 Å². The average Bonchev–Trinajstić information content (AvgIpc) is 2.55. The quantitative estimate of drug-likeness (QED) is 0.853. The highest BCUT2D eigenvalue weighted by Crippen LogP contribution is 2.23. The van der Waals surface area contributed by atoms with Crippen LogP contribution in [0, 0.1) is 0 Å². The zero-order valence-corrected chi connectivity index (χ0v) is 14.3. The summed E-state index contributed by atoms with van der Waals surface area (Å²) in [5, 5.41) is 5.62. The van der Waals surface area contributed by atoms with E-state index in [2.05, 4.69) is 12.2 Å². The fraction of sp³-hybridized carbons (Fsp3) is 0.278. The van der Waals surface area contributed by atoms with Gasteiger partial charge in [0.25, 0.3) is 5.91 Å². The van der Waals surface area contributed by atoms with E-state index in [-0.39, 0.29) is 18.0 Å². The second-order valence-corrected chi connectivity index (χ2v) is 5.95. The molecule has 0 unspecified atom stereocenters. The summed E-state index contributed by atoms with van der Waals surface area (Å²) in [6.45, 7) is 3.93. The Hall–Kier alpha value is -2.04. The third-order valence-electron chi connectivity index (χ3n) is 3.73. The second kappa shape index (κ2) is 7.99. The minimum absolute atomic E-state index is 0.0663. The summed E-state index contributed by atoms with van der Waals surface area (Å²) < 4.78 is 5.25. The lowest BCUT2D eigenvalue weighted by Crippen LogP contribution is -2.91. The van der Waals surface area contributed by atoms with Crippen molar-refractivity contribution in [3.8, 4) is 5.75 Å². The van der Waals surface area contributed by atoms with Crippen molar-refractivity contribution < 1.29 is 14.8 Å². The molecule has 1 amide bonds. The number of carbonyl (C=O) groups excluding carboxylic acids is 1. The molecule has 23 heavy (non-hydrogen) atoms. The predicted octanol–water partition coefficient (Wildman–Crippen LogP) is 3.00. The smallest absolute Gasteiger partial charge is 0.282 e. The number of nitrogens with two attached hydrogens (primary N) is 1. The Morgan fingerprint density at radius 1 is 1.17 bits per heavy atom. The van der Waals surface area contributed by atoms with Crippen LogP contribution in [0.25, 0.3) is 0 Å². The van der Waals surface area contributed by atoms with Gasteiger partial charge in [0, 0.05) is 10.6 Å². The summed E-state index contributed by atoms with van der Waals surface area (Å²) in [6.07, 6.45) is 0. The Bertz CT molecular complexity index is 676. The van der Waals surface area contributed by atoms with Crippen molar-refractivity contribution in [1.29, 1.82) is 0 Å². The second-order valence-electron chi connectivity index (χ2n) is 5.51. The summed E-state index contributed by atoms with van der Waals surface area (Å²) in [5.41, 5.74) is 1.77. The number of methoxy groups -OCH3 is 1. The molecule has 5 heteroatoms. The number of para-hydroxylation sites is 2. The molecule has 0 bridgehead atoms. The molecule has 122 valence electrons. The van der Waals surface area contributed by atoms with Gasteiger partial charge in [0.2, 0.25) is 0 Å². The van der Waals surface area contributed by atoms with Gasteiger partial charge in [-0.2, -0.15) is 0 Å². The van der Waals surface area contributed by atoms with Crippen molar-refractivity contribution in [3.63, 3.8) is 0 Å². The number of anilines is 1. The Kier molecular flexibility index (Phi) is 6.02.